The summed E-state index contributed by atoms with van der Waals surface area (Å²) in [5, 5.41) is 3.12. The Morgan fingerprint density at radius 1 is 1.18 bits per heavy atom. The third kappa shape index (κ3) is 2.97. The number of rotatable bonds is 3. The normalized spacial score (nSPS) is 10.2. The van der Waals surface area contributed by atoms with Crippen molar-refractivity contribution in [2.75, 3.05) is 11.1 Å². The molecule has 0 saturated carbocycles. The van der Waals surface area contributed by atoms with Gasteiger partial charge in [-0.15, -0.1) is 0 Å². The molecule has 0 aliphatic rings. The fraction of sp³-hybridized carbons (Fsp3) is 0.0769. The lowest BCUT2D eigenvalue weighted by molar-refractivity contribution is 0.628. The van der Waals surface area contributed by atoms with Gasteiger partial charge in [-0.3, -0.25) is 0 Å². The summed E-state index contributed by atoms with van der Waals surface area (Å²) in [5.41, 5.74) is 8.00. The van der Waals surface area contributed by atoms with Crippen molar-refractivity contribution in [3.8, 4) is 0 Å². The van der Waals surface area contributed by atoms with Gasteiger partial charge >= 0.3 is 0 Å². The summed E-state index contributed by atoms with van der Waals surface area (Å²) in [6.07, 6.45) is 0. The van der Waals surface area contributed by atoms with Gasteiger partial charge in [0, 0.05) is 11.0 Å². The second-order valence-electron chi connectivity index (χ2n) is 3.68. The molecular weight excluding hydrogens is 283 g/mol. The fourth-order valence-corrected chi connectivity index (χ4v) is 1.94. The van der Waals surface area contributed by atoms with Crippen molar-refractivity contribution in [1.29, 1.82) is 0 Å². The first kappa shape index (κ1) is 11.9. The van der Waals surface area contributed by atoms with E-state index in [9.17, 15) is 4.39 Å². The molecule has 2 aromatic rings. The fourth-order valence-electron chi connectivity index (χ4n) is 1.51. The van der Waals surface area contributed by atoms with Crippen LogP contribution in [0.2, 0.25) is 0 Å². The van der Waals surface area contributed by atoms with Crippen LogP contribution in [0.3, 0.4) is 0 Å². The van der Waals surface area contributed by atoms with Crippen LogP contribution in [0.15, 0.2) is 46.9 Å². The molecular formula is C13H12BrFN2. The molecule has 4 heteroatoms. The van der Waals surface area contributed by atoms with Crippen LogP contribution in [0, 0.1) is 5.82 Å². The van der Waals surface area contributed by atoms with E-state index in [4.69, 9.17) is 5.73 Å². The first-order chi connectivity index (χ1) is 8.16. The molecule has 0 fully saturated rings. The van der Waals surface area contributed by atoms with Crippen molar-refractivity contribution in [3.05, 3.63) is 58.3 Å². The van der Waals surface area contributed by atoms with Crippen molar-refractivity contribution in [1.82, 2.24) is 0 Å². The minimum atomic E-state index is -0.297. The lowest BCUT2D eigenvalue weighted by atomic mass is 10.2. The molecule has 2 nitrogen and oxygen atoms in total. The standard InChI is InChI=1S/C13H12BrFN2/c14-11-4-2-1-3-9(11)8-17-13-7-10(15)5-6-12(13)16/h1-7,17H,8,16H2. The Morgan fingerprint density at radius 3 is 2.71 bits per heavy atom. The van der Waals surface area contributed by atoms with E-state index in [0.29, 0.717) is 17.9 Å². The average molecular weight is 295 g/mol. The number of halogens is 2. The highest BCUT2D eigenvalue weighted by Crippen LogP contribution is 2.22. The number of nitrogens with two attached hydrogens (primary N) is 1. The van der Waals surface area contributed by atoms with Crippen molar-refractivity contribution in [3.63, 3.8) is 0 Å². The van der Waals surface area contributed by atoms with Crippen molar-refractivity contribution in [2.24, 2.45) is 0 Å². The van der Waals surface area contributed by atoms with Gasteiger partial charge in [-0.1, -0.05) is 34.1 Å². The summed E-state index contributed by atoms with van der Waals surface area (Å²) in [4.78, 5) is 0. The largest absolute Gasteiger partial charge is 0.397 e. The molecule has 0 bridgehead atoms. The number of hydrogen-bond donors (Lipinski definition) is 2. The zero-order valence-electron chi connectivity index (χ0n) is 9.08. The Hall–Kier alpha value is -1.55. The lowest BCUT2D eigenvalue weighted by Crippen LogP contribution is -2.03. The molecule has 0 unspecified atom stereocenters. The average Bonchev–Trinajstić information content (AvgIpc) is 2.32. The molecule has 0 aliphatic carbocycles. The molecule has 2 rings (SSSR count). The zero-order valence-corrected chi connectivity index (χ0v) is 10.7. The summed E-state index contributed by atoms with van der Waals surface area (Å²) in [6, 6.07) is 12.2. The van der Waals surface area contributed by atoms with E-state index in [1.54, 1.807) is 6.07 Å². The highest BCUT2D eigenvalue weighted by molar-refractivity contribution is 9.10. The van der Waals surface area contributed by atoms with Crippen LogP contribution in [-0.4, -0.2) is 0 Å². The Bertz CT molecular complexity index is 529. The van der Waals surface area contributed by atoms with Crippen molar-refractivity contribution in [2.45, 2.75) is 6.54 Å². The van der Waals surface area contributed by atoms with E-state index < -0.39 is 0 Å². The van der Waals surface area contributed by atoms with Gasteiger partial charge in [-0.25, -0.2) is 4.39 Å². The second-order valence-corrected chi connectivity index (χ2v) is 4.53. The maximum Gasteiger partial charge on any atom is 0.125 e. The Morgan fingerprint density at radius 2 is 1.94 bits per heavy atom. The molecule has 0 aliphatic heterocycles. The smallest absolute Gasteiger partial charge is 0.125 e. The van der Waals surface area contributed by atoms with Crippen LogP contribution in [0.5, 0.6) is 0 Å². The summed E-state index contributed by atoms with van der Waals surface area (Å²) in [5.74, 6) is -0.297. The van der Waals surface area contributed by atoms with Gasteiger partial charge in [0.25, 0.3) is 0 Å². The van der Waals surface area contributed by atoms with Crippen molar-refractivity contribution >= 4 is 27.3 Å². The summed E-state index contributed by atoms with van der Waals surface area (Å²) >= 11 is 3.46. The number of nitrogens with one attached hydrogen (secondary N) is 1. The van der Waals surface area contributed by atoms with E-state index in [2.05, 4.69) is 21.2 Å². The lowest BCUT2D eigenvalue weighted by Gasteiger charge is -2.10. The first-order valence-electron chi connectivity index (χ1n) is 5.19. The monoisotopic (exact) mass is 294 g/mol. The van der Waals surface area contributed by atoms with Gasteiger partial charge in [-0.2, -0.15) is 0 Å². The molecule has 0 spiro atoms. The van der Waals surface area contributed by atoms with Crippen LogP contribution in [0.1, 0.15) is 5.56 Å². The SMILES string of the molecule is Nc1ccc(F)cc1NCc1ccccc1Br. The first-order valence-corrected chi connectivity index (χ1v) is 5.98. The molecule has 3 N–H and O–H groups in total. The van der Waals surface area contributed by atoms with Crippen LogP contribution >= 0.6 is 15.9 Å². The van der Waals surface area contributed by atoms with Crippen LogP contribution < -0.4 is 11.1 Å². The summed E-state index contributed by atoms with van der Waals surface area (Å²) < 4.78 is 14.1. The molecule has 0 heterocycles. The molecule has 0 aromatic heterocycles. The van der Waals surface area contributed by atoms with Crippen LogP contribution in [0.4, 0.5) is 15.8 Å². The van der Waals surface area contributed by atoms with Gasteiger partial charge in [0.1, 0.15) is 5.82 Å². The Labute approximate surface area is 108 Å². The highest BCUT2D eigenvalue weighted by atomic mass is 79.9. The molecule has 2 aromatic carbocycles. The molecule has 0 saturated heterocycles. The molecule has 0 amide bonds. The molecule has 0 radical (unpaired) electrons. The number of anilines is 2. The molecule has 88 valence electrons. The number of nitrogen functional groups attached to an aromatic ring is 1. The zero-order chi connectivity index (χ0) is 12.3. The Kier molecular flexibility index (Phi) is 3.64. The quantitative estimate of drug-likeness (QED) is 0.846. The van der Waals surface area contributed by atoms with Gasteiger partial charge in [0.2, 0.25) is 0 Å². The van der Waals surface area contributed by atoms with E-state index in [1.807, 2.05) is 24.3 Å². The highest BCUT2D eigenvalue weighted by Gasteiger charge is 2.02. The van der Waals surface area contributed by atoms with Gasteiger partial charge in [0.05, 0.1) is 11.4 Å². The number of hydrogen-bond acceptors (Lipinski definition) is 2. The van der Waals surface area contributed by atoms with Gasteiger partial charge in [-0.05, 0) is 29.8 Å². The Balaban J connectivity index is 2.12. The summed E-state index contributed by atoms with van der Waals surface area (Å²) in [6.45, 7) is 0.592. The maximum absolute atomic E-state index is 13.0. The summed E-state index contributed by atoms with van der Waals surface area (Å²) in [7, 11) is 0. The topological polar surface area (TPSA) is 38.0 Å². The van der Waals surface area contributed by atoms with Crippen LogP contribution in [-0.2, 0) is 6.54 Å². The predicted molar refractivity (Wildman–Crippen MR) is 72.3 cm³/mol. The third-order valence-corrected chi connectivity index (χ3v) is 3.22. The third-order valence-electron chi connectivity index (χ3n) is 2.44. The van der Waals surface area contributed by atoms with E-state index in [1.165, 1.54) is 12.1 Å². The minimum Gasteiger partial charge on any atom is -0.397 e. The second kappa shape index (κ2) is 5.19. The van der Waals surface area contributed by atoms with E-state index in [-0.39, 0.29) is 5.82 Å². The van der Waals surface area contributed by atoms with E-state index >= 15 is 0 Å². The van der Waals surface area contributed by atoms with Gasteiger partial charge in [0.15, 0.2) is 0 Å². The molecule has 0 atom stereocenters. The van der Waals surface area contributed by atoms with Crippen LogP contribution in [0.25, 0.3) is 0 Å². The van der Waals surface area contributed by atoms with Gasteiger partial charge < -0.3 is 11.1 Å². The van der Waals surface area contributed by atoms with Crippen molar-refractivity contribution < 1.29 is 4.39 Å². The molecule has 17 heavy (non-hydrogen) atoms. The number of benzene rings is 2. The van der Waals surface area contributed by atoms with E-state index in [0.717, 1.165) is 10.0 Å². The predicted octanol–water partition coefficient (Wildman–Crippen LogP) is 3.78. The minimum absolute atomic E-state index is 0.297. The maximum atomic E-state index is 13.0.